The van der Waals surface area contributed by atoms with Crippen LogP contribution in [0.4, 0.5) is 5.82 Å². The number of carboxylic acid groups (broad SMARTS) is 1. The maximum atomic E-state index is 11.3. The van der Waals surface area contributed by atoms with Gasteiger partial charge in [-0.15, -0.1) is 0 Å². The van der Waals surface area contributed by atoms with E-state index in [0.717, 1.165) is 42.8 Å². The van der Waals surface area contributed by atoms with Crippen LogP contribution < -0.4 is 5.73 Å². The number of pyridine rings is 1. The van der Waals surface area contributed by atoms with Crippen LogP contribution in [0.3, 0.4) is 0 Å². The molecule has 5 nitrogen and oxygen atoms in total. The Bertz CT molecular complexity index is 471. The van der Waals surface area contributed by atoms with Gasteiger partial charge in [-0.05, 0) is 37.9 Å². The average Bonchev–Trinajstić information content (AvgIpc) is 2.41. The zero-order valence-electron chi connectivity index (χ0n) is 10.2. The Morgan fingerprint density at radius 2 is 1.94 bits per heavy atom. The fourth-order valence-electron chi connectivity index (χ4n) is 2.39. The SMILES string of the molecule is Cc1nc(N)c(C(=O)O)c2c1CCN(C)CC2. The first kappa shape index (κ1) is 11.9. The van der Waals surface area contributed by atoms with Gasteiger partial charge in [0.1, 0.15) is 11.4 Å². The van der Waals surface area contributed by atoms with Gasteiger partial charge in [0.25, 0.3) is 0 Å². The molecule has 1 aromatic rings. The molecule has 2 heterocycles. The molecular formula is C12H17N3O2. The number of aromatic carboxylic acids is 1. The largest absolute Gasteiger partial charge is 0.478 e. The Balaban J connectivity index is 2.60. The van der Waals surface area contributed by atoms with Crippen LogP contribution in [0.1, 0.15) is 27.2 Å². The first-order valence-corrected chi connectivity index (χ1v) is 5.70. The van der Waals surface area contributed by atoms with Gasteiger partial charge in [-0.2, -0.15) is 0 Å². The van der Waals surface area contributed by atoms with Gasteiger partial charge in [0, 0.05) is 18.8 Å². The van der Waals surface area contributed by atoms with E-state index < -0.39 is 5.97 Å². The summed E-state index contributed by atoms with van der Waals surface area (Å²) in [6, 6.07) is 0. The summed E-state index contributed by atoms with van der Waals surface area (Å²) in [5.41, 5.74) is 8.70. The van der Waals surface area contributed by atoms with Crippen molar-refractivity contribution < 1.29 is 9.90 Å². The minimum Gasteiger partial charge on any atom is -0.478 e. The van der Waals surface area contributed by atoms with E-state index in [-0.39, 0.29) is 11.4 Å². The third-order valence-corrected chi connectivity index (χ3v) is 3.35. The van der Waals surface area contributed by atoms with E-state index in [9.17, 15) is 9.90 Å². The summed E-state index contributed by atoms with van der Waals surface area (Å²) < 4.78 is 0. The molecule has 0 saturated carbocycles. The number of rotatable bonds is 1. The molecule has 0 amide bonds. The number of nitrogens with two attached hydrogens (primary N) is 1. The highest BCUT2D eigenvalue weighted by Gasteiger charge is 2.23. The summed E-state index contributed by atoms with van der Waals surface area (Å²) in [6.07, 6.45) is 1.56. The molecule has 1 aliphatic heterocycles. The van der Waals surface area contributed by atoms with Gasteiger partial charge < -0.3 is 15.7 Å². The summed E-state index contributed by atoms with van der Waals surface area (Å²) in [5.74, 6) is -0.839. The molecule has 0 radical (unpaired) electrons. The van der Waals surface area contributed by atoms with Gasteiger partial charge in [-0.25, -0.2) is 9.78 Å². The standard InChI is InChI=1S/C12H17N3O2/c1-7-8-3-5-15(2)6-4-9(8)10(12(16)17)11(13)14-7/h3-6H2,1-2H3,(H2,13,14)(H,16,17). The number of anilines is 1. The van der Waals surface area contributed by atoms with Gasteiger partial charge in [-0.1, -0.05) is 0 Å². The molecule has 0 unspecified atom stereocenters. The molecule has 17 heavy (non-hydrogen) atoms. The fourth-order valence-corrected chi connectivity index (χ4v) is 2.39. The van der Waals surface area contributed by atoms with Crippen molar-refractivity contribution in [2.24, 2.45) is 0 Å². The van der Waals surface area contributed by atoms with Crippen molar-refractivity contribution in [2.45, 2.75) is 19.8 Å². The minimum absolute atomic E-state index is 0.137. The van der Waals surface area contributed by atoms with Crippen LogP contribution in [0.5, 0.6) is 0 Å². The number of nitrogens with zero attached hydrogens (tertiary/aromatic N) is 2. The lowest BCUT2D eigenvalue weighted by molar-refractivity contribution is 0.0696. The Labute approximate surface area is 100 Å². The van der Waals surface area contributed by atoms with Gasteiger partial charge in [0.05, 0.1) is 0 Å². The van der Waals surface area contributed by atoms with Crippen molar-refractivity contribution in [1.82, 2.24) is 9.88 Å². The first-order chi connectivity index (χ1) is 8.00. The molecule has 0 bridgehead atoms. The van der Waals surface area contributed by atoms with Gasteiger partial charge in [-0.3, -0.25) is 0 Å². The fraction of sp³-hybridized carbons (Fsp3) is 0.500. The lowest BCUT2D eigenvalue weighted by Crippen LogP contribution is -2.21. The van der Waals surface area contributed by atoms with Crippen LogP contribution in [-0.4, -0.2) is 41.1 Å². The van der Waals surface area contributed by atoms with Crippen molar-refractivity contribution in [3.63, 3.8) is 0 Å². The summed E-state index contributed by atoms with van der Waals surface area (Å²) in [6.45, 7) is 3.68. The van der Waals surface area contributed by atoms with E-state index in [1.165, 1.54) is 0 Å². The average molecular weight is 235 g/mol. The topological polar surface area (TPSA) is 79.4 Å². The number of likely N-dealkylation sites (N-methyl/N-ethyl adjacent to an activating group) is 1. The second-order valence-corrected chi connectivity index (χ2v) is 4.52. The van der Waals surface area contributed by atoms with Crippen LogP contribution >= 0.6 is 0 Å². The predicted molar refractivity (Wildman–Crippen MR) is 65.3 cm³/mol. The third kappa shape index (κ3) is 2.10. The maximum absolute atomic E-state index is 11.3. The molecule has 1 aromatic heterocycles. The summed E-state index contributed by atoms with van der Waals surface area (Å²) in [7, 11) is 2.04. The molecule has 1 aliphatic rings. The summed E-state index contributed by atoms with van der Waals surface area (Å²) >= 11 is 0. The number of hydrogen-bond donors (Lipinski definition) is 2. The molecular weight excluding hydrogens is 218 g/mol. The predicted octanol–water partition coefficient (Wildman–Crippen LogP) is 0.701. The molecule has 92 valence electrons. The van der Waals surface area contributed by atoms with Gasteiger partial charge in [0.15, 0.2) is 0 Å². The zero-order valence-corrected chi connectivity index (χ0v) is 10.2. The monoisotopic (exact) mass is 235 g/mol. The van der Waals surface area contributed by atoms with E-state index >= 15 is 0 Å². The third-order valence-electron chi connectivity index (χ3n) is 3.35. The zero-order chi connectivity index (χ0) is 12.6. The highest BCUT2D eigenvalue weighted by Crippen LogP contribution is 2.25. The Morgan fingerprint density at radius 1 is 1.35 bits per heavy atom. The Hall–Kier alpha value is -1.62. The number of hydrogen-bond acceptors (Lipinski definition) is 4. The lowest BCUT2D eigenvalue weighted by atomic mass is 9.96. The van der Waals surface area contributed by atoms with E-state index in [1.54, 1.807) is 0 Å². The van der Waals surface area contributed by atoms with Crippen molar-refractivity contribution >= 4 is 11.8 Å². The number of nitrogen functional groups attached to an aromatic ring is 1. The maximum Gasteiger partial charge on any atom is 0.339 e. The number of aryl methyl sites for hydroxylation is 1. The van der Waals surface area contributed by atoms with Crippen LogP contribution in [0.2, 0.25) is 0 Å². The van der Waals surface area contributed by atoms with E-state index in [0.29, 0.717) is 0 Å². The van der Waals surface area contributed by atoms with E-state index in [2.05, 4.69) is 9.88 Å². The van der Waals surface area contributed by atoms with Crippen molar-refractivity contribution in [1.29, 1.82) is 0 Å². The van der Waals surface area contributed by atoms with Crippen LogP contribution in [-0.2, 0) is 12.8 Å². The lowest BCUT2D eigenvalue weighted by Gasteiger charge is -2.13. The normalized spacial score (nSPS) is 16.4. The summed E-state index contributed by atoms with van der Waals surface area (Å²) in [4.78, 5) is 17.6. The molecule has 2 rings (SSSR count). The van der Waals surface area contributed by atoms with Crippen molar-refractivity contribution in [3.8, 4) is 0 Å². The van der Waals surface area contributed by atoms with Crippen molar-refractivity contribution in [2.75, 3.05) is 25.9 Å². The Kier molecular flexibility index (Phi) is 3.02. The van der Waals surface area contributed by atoms with E-state index in [1.807, 2.05) is 14.0 Å². The minimum atomic E-state index is -0.976. The second kappa shape index (κ2) is 4.33. The molecule has 0 aromatic carbocycles. The number of carbonyl (C=O) groups is 1. The smallest absolute Gasteiger partial charge is 0.339 e. The molecule has 0 fully saturated rings. The first-order valence-electron chi connectivity index (χ1n) is 5.70. The molecule has 0 aliphatic carbocycles. The summed E-state index contributed by atoms with van der Waals surface area (Å²) in [5, 5.41) is 9.24. The van der Waals surface area contributed by atoms with Crippen LogP contribution in [0.15, 0.2) is 0 Å². The number of aromatic nitrogens is 1. The van der Waals surface area contributed by atoms with Gasteiger partial charge >= 0.3 is 5.97 Å². The van der Waals surface area contributed by atoms with Crippen LogP contribution in [0.25, 0.3) is 0 Å². The van der Waals surface area contributed by atoms with E-state index in [4.69, 9.17) is 5.73 Å². The van der Waals surface area contributed by atoms with Gasteiger partial charge in [0.2, 0.25) is 0 Å². The quantitative estimate of drug-likeness (QED) is 0.749. The highest BCUT2D eigenvalue weighted by molar-refractivity contribution is 5.94. The highest BCUT2D eigenvalue weighted by atomic mass is 16.4. The number of fused-ring (bicyclic) bond motifs is 1. The number of carboxylic acids is 1. The molecule has 3 N–H and O–H groups in total. The van der Waals surface area contributed by atoms with Crippen molar-refractivity contribution in [3.05, 3.63) is 22.4 Å². The Morgan fingerprint density at radius 3 is 2.53 bits per heavy atom. The molecule has 5 heteroatoms. The van der Waals surface area contributed by atoms with Crippen LogP contribution in [0, 0.1) is 6.92 Å². The second-order valence-electron chi connectivity index (χ2n) is 4.52. The molecule has 0 saturated heterocycles. The molecule has 0 atom stereocenters. The molecule has 0 spiro atoms.